The third kappa shape index (κ3) is 2.71. The molecule has 1 heterocycles. The fraction of sp³-hybridized carbons (Fsp3) is 0.455. The van der Waals surface area contributed by atoms with Crippen LogP contribution in [0.5, 0.6) is 0 Å². The normalized spacial score (nSPS) is 14.7. The summed E-state index contributed by atoms with van der Waals surface area (Å²) in [6.45, 7) is 1.17. The number of carboxylic acids is 1. The van der Waals surface area contributed by atoms with Gasteiger partial charge in [-0.05, 0) is 25.7 Å². The van der Waals surface area contributed by atoms with Gasteiger partial charge in [0, 0.05) is 12.3 Å². The van der Waals surface area contributed by atoms with Gasteiger partial charge in [-0.25, -0.2) is 8.42 Å². The largest absolute Gasteiger partial charge is 0.480 e. The number of carbonyl (C=O) groups is 1. The first-order chi connectivity index (χ1) is 8.20. The third-order valence-electron chi connectivity index (χ3n) is 2.83. The van der Waals surface area contributed by atoms with Gasteiger partial charge in [0.15, 0.2) is 14.6 Å². The molecule has 0 fully saturated rings. The van der Waals surface area contributed by atoms with Gasteiger partial charge in [0.05, 0.1) is 5.69 Å². The fourth-order valence-corrected chi connectivity index (χ4v) is 2.11. The molecule has 0 amide bonds. The second-order valence-corrected chi connectivity index (χ2v) is 6.58. The van der Waals surface area contributed by atoms with E-state index in [-0.39, 0.29) is 18.6 Å². The Morgan fingerprint density at radius 3 is 2.67 bits per heavy atom. The lowest BCUT2D eigenvalue weighted by atomic mass is 10.0. The zero-order valence-electron chi connectivity index (χ0n) is 10.0. The van der Waals surface area contributed by atoms with E-state index in [2.05, 4.69) is 11.1 Å². The van der Waals surface area contributed by atoms with E-state index in [9.17, 15) is 13.2 Å². The maximum atomic E-state index is 11.5. The Balaban J connectivity index is 2.89. The fourth-order valence-electron chi connectivity index (χ4n) is 1.32. The van der Waals surface area contributed by atoms with Crippen molar-refractivity contribution in [1.29, 1.82) is 0 Å². The average Bonchev–Trinajstić information content (AvgIpc) is 2.71. The molecule has 7 heteroatoms. The highest BCUT2D eigenvalue weighted by atomic mass is 32.2. The minimum atomic E-state index is -3.73. The van der Waals surface area contributed by atoms with Crippen LogP contribution >= 0.6 is 0 Å². The summed E-state index contributed by atoms with van der Waals surface area (Å²) in [5.74, 6) is 1.07. The number of nitrogens with zero attached hydrogens (tertiary/aromatic N) is 1. The van der Waals surface area contributed by atoms with Crippen LogP contribution in [0.25, 0.3) is 0 Å². The Morgan fingerprint density at radius 2 is 2.28 bits per heavy atom. The molecule has 0 saturated heterocycles. The lowest BCUT2D eigenvalue weighted by molar-refractivity contribution is -0.139. The van der Waals surface area contributed by atoms with Crippen molar-refractivity contribution >= 4 is 15.8 Å². The topological polar surface area (TPSA) is 97.5 Å². The summed E-state index contributed by atoms with van der Waals surface area (Å²) < 4.78 is 25.9. The van der Waals surface area contributed by atoms with Crippen LogP contribution in [0.3, 0.4) is 0 Å². The van der Waals surface area contributed by atoms with E-state index in [4.69, 9.17) is 16.1 Å². The van der Waals surface area contributed by atoms with Crippen LogP contribution in [-0.4, -0.2) is 35.7 Å². The predicted molar refractivity (Wildman–Crippen MR) is 63.6 cm³/mol. The second kappa shape index (κ2) is 4.82. The maximum Gasteiger partial charge on any atom is 0.324 e. The van der Waals surface area contributed by atoms with Gasteiger partial charge in [0.1, 0.15) is 0 Å². The molecule has 0 unspecified atom stereocenters. The van der Waals surface area contributed by atoms with Crippen LogP contribution in [0, 0.1) is 12.3 Å². The molecule has 0 saturated carbocycles. The number of sulfone groups is 1. The summed E-state index contributed by atoms with van der Waals surface area (Å²) in [7, 11) is -3.73. The van der Waals surface area contributed by atoms with Crippen molar-refractivity contribution in [3.8, 4) is 12.3 Å². The highest BCUT2D eigenvalue weighted by Gasteiger charge is 2.43. The number of hydrogen-bond donors (Lipinski definition) is 1. The Hall–Kier alpha value is -1.81. The molecule has 1 atom stereocenters. The molecule has 0 aliphatic heterocycles. The molecule has 1 rings (SSSR count). The van der Waals surface area contributed by atoms with Crippen molar-refractivity contribution in [2.24, 2.45) is 0 Å². The summed E-state index contributed by atoms with van der Waals surface area (Å²) in [6.07, 6.45) is 6.04. The smallest absolute Gasteiger partial charge is 0.324 e. The van der Waals surface area contributed by atoms with E-state index in [0.717, 1.165) is 6.26 Å². The SMILES string of the molecule is C#Cc1cc(CC[C@](C)(C(=O)O)S(C)(=O)=O)no1. The summed E-state index contributed by atoms with van der Waals surface area (Å²) in [5.41, 5.74) is 0.430. The quantitative estimate of drug-likeness (QED) is 0.782. The Kier molecular flexibility index (Phi) is 3.82. The van der Waals surface area contributed by atoms with Gasteiger partial charge >= 0.3 is 5.97 Å². The molecule has 0 aliphatic carbocycles. The summed E-state index contributed by atoms with van der Waals surface area (Å²) >= 11 is 0. The molecule has 0 spiro atoms. The monoisotopic (exact) mass is 271 g/mol. The van der Waals surface area contributed by atoms with Crippen LogP contribution in [0.1, 0.15) is 24.8 Å². The van der Waals surface area contributed by atoms with Crippen LogP contribution in [0.4, 0.5) is 0 Å². The van der Waals surface area contributed by atoms with Crippen LogP contribution < -0.4 is 0 Å². The molecule has 0 aliphatic rings. The lowest BCUT2D eigenvalue weighted by Crippen LogP contribution is -2.43. The molecule has 18 heavy (non-hydrogen) atoms. The zero-order valence-corrected chi connectivity index (χ0v) is 10.8. The number of hydrogen-bond acceptors (Lipinski definition) is 5. The molecule has 1 N–H and O–H groups in total. The summed E-state index contributed by atoms with van der Waals surface area (Å²) in [5, 5.41) is 12.7. The van der Waals surface area contributed by atoms with Crippen molar-refractivity contribution in [2.45, 2.75) is 24.5 Å². The van der Waals surface area contributed by atoms with Crippen LogP contribution in [0.2, 0.25) is 0 Å². The number of carboxylic acid groups (broad SMARTS) is 1. The van der Waals surface area contributed by atoms with Crippen molar-refractivity contribution in [2.75, 3.05) is 6.26 Å². The Morgan fingerprint density at radius 1 is 1.67 bits per heavy atom. The van der Waals surface area contributed by atoms with E-state index < -0.39 is 20.6 Å². The van der Waals surface area contributed by atoms with E-state index in [1.165, 1.54) is 13.0 Å². The van der Waals surface area contributed by atoms with Gasteiger partial charge in [-0.1, -0.05) is 5.16 Å². The van der Waals surface area contributed by atoms with E-state index in [0.29, 0.717) is 5.69 Å². The average molecular weight is 271 g/mol. The molecule has 0 bridgehead atoms. The highest BCUT2D eigenvalue weighted by Crippen LogP contribution is 2.23. The van der Waals surface area contributed by atoms with Gasteiger partial charge in [-0.15, -0.1) is 6.42 Å². The first-order valence-corrected chi connectivity index (χ1v) is 6.95. The number of aromatic nitrogens is 1. The molecule has 1 aromatic rings. The summed E-state index contributed by atoms with van der Waals surface area (Å²) in [4.78, 5) is 11.1. The van der Waals surface area contributed by atoms with Crippen LogP contribution in [-0.2, 0) is 21.1 Å². The van der Waals surface area contributed by atoms with E-state index >= 15 is 0 Å². The highest BCUT2D eigenvalue weighted by molar-refractivity contribution is 7.92. The van der Waals surface area contributed by atoms with Gasteiger partial charge in [-0.2, -0.15) is 0 Å². The molecule has 0 aromatic carbocycles. The minimum Gasteiger partial charge on any atom is -0.480 e. The standard InChI is InChI=1S/C11H13NO5S/c1-4-9-7-8(12-17-9)5-6-11(2,10(13)14)18(3,15)16/h1,7H,5-6H2,2-3H3,(H,13,14)/t11-/m1/s1. The number of aliphatic carboxylic acids is 1. The number of rotatable bonds is 5. The van der Waals surface area contributed by atoms with Crippen molar-refractivity contribution in [3.05, 3.63) is 17.5 Å². The maximum absolute atomic E-state index is 11.5. The first kappa shape index (κ1) is 14.3. The third-order valence-corrected chi connectivity index (χ3v) is 4.85. The molecule has 1 aromatic heterocycles. The van der Waals surface area contributed by atoms with Crippen molar-refractivity contribution in [3.63, 3.8) is 0 Å². The molecule has 98 valence electrons. The van der Waals surface area contributed by atoms with Crippen molar-refractivity contribution in [1.82, 2.24) is 5.16 Å². The van der Waals surface area contributed by atoms with E-state index in [1.807, 2.05) is 0 Å². The van der Waals surface area contributed by atoms with Gasteiger partial charge in [0.25, 0.3) is 0 Å². The Bertz CT molecular complexity index is 595. The lowest BCUT2D eigenvalue weighted by Gasteiger charge is -2.21. The second-order valence-electron chi connectivity index (χ2n) is 4.14. The van der Waals surface area contributed by atoms with Crippen molar-refractivity contribution < 1.29 is 22.8 Å². The van der Waals surface area contributed by atoms with Gasteiger partial charge < -0.3 is 9.63 Å². The predicted octanol–water partition coefficient (Wildman–Crippen LogP) is 0.476. The molecular weight excluding hydrogens is 258 g/mol. The number of aryl methyl sites for hydroxylation is 1. The first-order valence-electron chi connectivity index (χ1n) is 5.06. The van der Waals surface area contributed by atoms with Gasteiger partial charge in [-0.3, -0.25) is 4.79 Å². The molecular formula is C11H13NO5S. The zero-order chi connectivity index (χ0) is 14.0. The summed E-state index contributed by atoms with van der Waals surface area (Å²) in [6, 6.07) is 1.48. The molecule has 6 nitrogen and oxygen atoms in total. The van der Waals surface area contributed by atoms with Gasteiger partial charge in [0.2, 0.25) is 5.76 Å². The number of terminal acetylenes is 1. The van der Waals surface area contributed by atoms with E-state index in [1.54, 1.807) is 0 Å². The molecule has 0 radical (unpaired) electrons. The minimum absolute atomic E-state index is 0.0995. The Labute approximate surface area is 105 Å². The van der Waals surface area contributed by atoms with Crippen LogP contribution in [0.15, 0.2) is 10.6 Å².